The third-order valence-corrected chi connectivity index (χ3v) is 4.28. The summed E-state index contributed by atoms with van der Waals surface area (Å²) in [5, 5.41) is 0. The Morgan fingerprint density at radius 2 is 1.50 bits per heavy atom. The minimum Gasteiger partial charge on any atom is -0.497 e. The molecule has 0 bridgehead atoms. The van der Waals surface area contributed by atoms with Crippen molar-refractivity contribution in [3.63, 3.8) is 0 Å². The summed E-state index contributed by atoms with van der Waals surface area (Å²) in [6.07, 6.45) is 1.28. The Kier molecular flexibility index (Phi) is 4.82. The van der Waals surface area contributed by atoms with Gasteiger partial charge in [0.2, 0.25) is 0 Å². The second kappa shape index (κ2) is 6.62. The molecule has 0 spiro atoms. The maximum Gasteiger partial charge on any atom is 0.282 e. The molecule has 2 aromatic carbocycles. The molecule has 0 unspecified atom stereocenters. The molecule has 6 heteroatoms. The van der Waals surface area contributed by atoms with Gasteiger partial charge in [0.05, 0.1) is 19.1 Å². The van der Waals surface area contributed by atoms with Crippen LogP contribution in [0.25, 0.3) is 0 Å². The predicted molar refractivity (Wildman–Crippen MR) is 85.5 cm³/mol. The quantitative estimate of drug-likeness (QED) is 0.795. The molecule has 116 valence electrons. The lowest BCUT2D eigenvalue weighted by atomic mass is 10.2. The van der Waals surface area contributed by atoms with Gasteiger partial charge in [-0.05, 0) is 31.2 Å². The fourth-order valence-corrected chi connectivity index (χ4v) is 2.67. The van der Waals surface area contributed by atoms with Crippen LogP contribution in [0.2, 0.25) is 0 Å². The lowest BCUT2D eigenvalue weighted by Crippen LogP contribution is -1.98. The summed E-state index contributed by atoms with van der Waals surface area (Å²) in [6.45, 7) is 1.89. The second-order valence-electron chi connectivity index (χ2n) is 4.67. The molecule has 0 atom stereocenters. The van der Waals surface area contributed by atoms with E-state index in [1.807, 2.05) is 6.92 Å². The van der Waals surface area contributed by atoms with Gasteiger partial charge in [-0.15, -0.1) is 0 Å². The number of hydrogen-bond acceptors (Lipinski definition) is 4. The lowest BCUT2D eigenvalue weighted by Gasteiger charge is -2.05. The first-order valence-electron chi connectivity index (χ1n) is 6.55. The van der Waals surface area contributed by atoms with Crippen LogP contribution in [0.3, 0.4) is 0 Å². The van der Waals surface area contributed by atoms with E-state index < -0.39 is 10.0 Å². The Bertz CT molecular complexity index is 758. The van der Waals surface area contributed by atoms with E-state index in [-0.39, 0.29) is 4.90 Å². The second-order valence-corrected chi connectivity index (χ2v) is 6.30. The van der Waals surface area contributed by atoms with Gasteiger partial charge in [-0.2, -0.15) is 12.8 Å². The number of sulfonamides is 1. The van der Waals surface area contributed by atoms with Gasteiger partial charge >= 0.3 is 0 Å². The lowest BCUT2D eigenvalue weighted by molar-refractivity contribution is 0.394. The van der Waals surface area contributed by atoms with E-state index in [9.17, 15) is 8.42 Å². The minimum atomic E-state index is -3.73. The summed E-state index contributed by atoms with van der Waals surface area (Å²) >= 11 is 0. The van der Waals surface area contributed by atoms with E-state index >= 15 is 0 Å². The maximum absolute atomic E-state index is 12.2. The maximum atomic E-state index is 12.2. The highest BCUT2D eigenvalue weighted by Gasteiger charge is 2.11. The highest BCUT2D eigenvalue weighted by Crippen LogP contribution is 2.22. The summed E-state index contributed by atoms with van der Waals surface area (Å²) in [5.41, 5.74) is 1.56. The summed E-state index contributed by atoms with van der Waals surface area (Å²) in [6, 6.07) is 11.6. The van der Waals surface area contributed by atoms with Crippen LogP contribution in [0.4, 0.5) is 0 Å². The summed E-state index contributed by atoms with van der Waals surface area (Å²) in [7, 11) is -0.674. The Morgan fingerprint density at radius 1 is 0.955 bits per heavy atom. The van der Waals surface area contributed by atoms with Crippen LogP contribution in [0.1, 0.15) is 11.1 Å². The Balaban J connectivity index is 2.32. The van der Waals surface area contributed by atoms with Gasteiger partial charge in [0.15, 0.2) is 0 Å². The summed E-state index contributed by atoms with van der Waals surface area (Å²) in [4.78, 5) is 0.157. The first-order chi connectivity index (χ1) is 10.4. The van der Waals surface area contributed by atoms with Gasteiger partial charge in [-0.25, -0.2) is 0 Å². The van der Waals surface area contributed by atoms with Crippen molar-refractivity contribution in [3.8, 4) is 11.5 Å². The van der Waals surface area contributed by atoms with E-state index in [0.717, 1.165) is 5.56 Å². The zero-order valence-corrected chi connectivity index (χ0v) is 13.4. The van der Waals surface area contributed by atoms with Crippen LogP contribution in [0.15, 0.2) is 51.8 Å². The Hall–Kier alpha value is -2.34. The van der Waals surface area contributed by atoms with E-state index in [2.05, 4.69) is 4.40 Å². The first-order valence-corrected chi connectivity index (χ1v) is 7.99. The van der Waals surface area contributed by atoms with Crippen molar-refractivity contribution in [1.29, 1.82) is 0 Å². The number of aryl methyl sites for hydroxylation is 1. The molecule has 0 amide bonds. The van der Waals surface area contributed by atoms with Crippen molar-refractivity contribution >= 4 is 16.2 Å². The van der Waals surface area contributed by atoms with Gasteiger partial charge in [0.1, 0.15) is 11.5 Å². The molecule has 0 N–H and O–H groups in total. The molecular formula is C16H17NO4S. The van der Waals surface area contributed by atoms with Gasteiger partial charge in [0.25, 0.3) is 10.0 Å². The third-order valence-electron chi connectivity index (χ3n) is 3.03. The summed E-state index contributed by atoms with van der Waals surface area (Å²) in [5.74, 6) is 1.13. The molecule has 0 aliphatic carbocycles. The van der Waals surface area contributed by atoms with Crippen molar-refractivity contribution in [2.24, 2.45) is 4.40 Å². The molecule has 0 saturated carbocycles. The molecule has 2 rings (SSSR count). The highest BCUT2D eigenvalue weighted by atomic mass is 32.2. The van der Waals surface area contributed by atoms with Crippen molar-refractivity contribution in [1.82, 2.24) is 0 Å². The van der Waals surface area contributed by atoms with Crippen LogP contribution < -0.4 is 9.47 Å². The Morgan fingerprint density at radius 3 is 2.00 bits per heavy atom. The number of ether oxygens (including phenoxy) is 2. The zero-order chi connectivity index (χ0) is 16.2. The SMILES string of the molecule is COc1cc(/C=N/S(=O)(=O)c2ccc(C)cc2)cc(OC)c1. The van der Waals surface area contributed by atoms with Crippen molar-refractivity contribution < 1.29 is 17.9 Å². The van der Waals surface area contributed by atoms with E-state index in [0.29, 0.717) is 17.1 Å². The normalized spacial score (nSPS) is 11.6. The number of methoxy groups -OCH3 is 2. The molecule has 0 aliphatic rings. The molecule has 0 radical (unpaired) electrons. The number of hydrogen-bond donors (Lipinski definition) is 0. The first kappa shape index (κ1) is 16.0. The van der Waals surface area contributed by atoms with E-state index in [4.69, 9.17) is 9.47 Å². The molecule has 2 aromatic rings. The van der Waals surface area contributed by atoms with Crippen molar-refractivity contribution in [2.45, 2.75) is 11.8 Å². The van der Waals surface area contributed by atoms with Gasteiger partial charge in [0, 0.05) is 17.8 Å². The van der Waals surface area contributed by atoms with Crippen LogP contribution in [-0.2, 0) is 10.0 Å². The summed E-state index contributed by atoms with van der Waals surface area (Å²) < 4.78 is 38.3. The van der Waals surface area contributed by atoms with Gasteiger partial charge in [-0.1, -0.05) is 17.7 Å². The van der Waals surface area contributed by atoms with Gasteiger partial charge < -0.3 is 9.47 Å². The third kappa shape index (κ3) is 3.85. The van der Waals surface area contributed by atoms with Crippen LogP contribution in [0, 0.1) is 6.92 Å². The number of nitrogens with zero attached hydrogens (tertiary/aromatic N) is 1. The molecule has 0 fully saturated rings. The smallest absolute Gasteiger partial charge is 0.282 e. The molecule has 0 aliphatic heterocycles. The standard InChI is InChI=1S/C16H17NO4S/c1-12-4-6-16(7-5-12)22(18,19)17-11-13-8-14(20-2)10-15(9-13)21-3/h4-11H,1-3H3/b17-11+. The molecule has 5 nitrogen and oxygen atoms in total. The van der Waals surface area contributed by atoms with Gasteiger partial charge in [-0.3, -0.25) is 0 Å². The largest absolute Gasteiger partial charge is 0.497 e. The van der Waals surface area contributed by atoms with E-state index in [1.54, 1.807) is 30.3 Å². The topological polar surface area (TPSA) is 65.0 Å². The van der Waals surface area contributed by atoms with E-state index in [1.165, 1.54) is 32.6 Å². The highest BCUT2D eigenvalue weighted by molar-refractivity contribution is 7.90. The average Bonchev–Trinajstić information content (AvgIpc) is 2.53. The average molecular weight is 319 g/mol. The predicted octanol–water partition coefficient (Wildman–Crippen LogP) is 2.82. The molecule has 0 heterocycles. The minimum absolute atomic E-state index is 0.157. The van der Waals surface area contributed by atoms with Crippen LogP contribution in [0.5, 0.6) is 11.5 Å². The number of benzene rings is 2. The fraction of sp³-hybridized carbons (Fsp3) is 0.188. The monoisotopic (exact) mass is 319 g/mol. The number of rotatable bonds is 5. The zero-order valence-electron chi connectivity index (χ0n) is 12.6. The van der Waals surface area contributed by atoms with Crippen molar-refractivity contribution in [2.75, 3.05) is 14.2 Å². The molecular weight excluding hydrogens is 302 g/mol. The Labute approximate surface area is 130 Å². The molecule has 0 aromatic heterocycles. The van der Waals surface area contributed by atoms with Crippen molar-refractivity contribution in [3.05, 3.63) is 53.6 Å². The molecule has 0 saturated heterocycles. The van der Waals surface area contributed by atoms with Crippen LogP contribution in [-0.4, -0.2) is 28.9 Å². The molecule has 22 heavy (non-hydrogen) atoms. The fourth-order valence-electron chi connectivity index (χ4n) is 1.81. The van der Waals surface area contributed by atoms with Crippen LogP contribution >= 0.6 is 0 Å².